The summed E-state index contributed by atoms with van der Waals surface area (Å²) in [5.74, 6) is 0.920. The van der Waals surface area contributed by atoms with E-state index in [-0.39, 0.29) is 12.0 Å². The number of hydrogen-bond donors (Lipinski definition) is 2. The lowest BCUT2D eigenvalue weighted by atomic mass is 9.98. The topological polar surface area (TPSA) is 72.2 Å². The van der Waals surface area contributed by atoms with E-state index in [1.165, 1.54) is 10.5 Å². The van der Waals surface area contributed by atoms with E-state index in [4.69, 9.17) is 9.84 Å². The molecule has 3 heterocycles. The molecule has 0 fully saturated rings. The third-order valence-electron chi connectivity index (χ3n) is 5.13. The van der Waals surface area contributed by atoms with Crippen molar-refractivity contribution in [2.75, 3.05) is 11.9 Å². The van der Waals surface area contributed by atoms with Crippen LogP contribution in [0.1, 0.15) is 49.6 Å². The Hall–Kier alpha value is -2.61. The quantitative estimate of drug-likeness (QED) is 0.566. The Bertz CT molecular complexity index is 1050. The monoisotopic (exact) mass is 422 g/mol. The van der Waals surface area contributed by atoms with Gasteiger partial charge in [0.2, 0.25) is 0 Å². The van der Waals surface area contributed by atoms with Crippen molar-refractivity contribution in [2.24, 2.45) is 0 Å². The summed E-state index contributed by atoms with van der Waals surface area (Å²) in [5, 5.41) is 18.3. The molecule has 0 spiro atoms. The Kier molecular flexibility index (Phi) is 5.94. The van der Waals surface area contributed by atoms with Crippen molar-refractivity contribution in [3.05, 3.63) is 77.2 Å². The van der Waals surface area contributed by atoms with Crippen molar-refractivity contribution in [2.45, 2.75) is 43.8 Å². The normalized spacial score (nSPS) is 16.1. The number of hydrogen-bond acceptors (Lipinski definition) is 6. The molecule has 2 aromatic heterocycles. The maximum Gasteiger partial charge on any atom is 0.153 e. The van der Waals surface area contributed by atoms with Crippen LogP contribution >= 0.6 is 11.8 Å². The predicted octanol–water partition coefficient (Wildman–Crippen LogP) is 4.87. The molecule has 1 aromatic carbocycles. The number of aliphatic hydroxyl groups excluding tert-OH is 1. The number of rotatable bonds is 7. The number of nitrogens with one attached hydrogen (secondary N) is 1. The van der Waals surface area contributed by atoms with Gasteiger partial charge < -0.3 is 15.2 Å². The molecule has 0 bridgehead atoms. The fourth-order valence-corrected chi connectivity index (χ4v) is 4.18. The Morgan fingerprint density at radius 3 is 2.70 bits per heavy atom. The van der Waals surface area contributed by atoms with Crippen molar-refractivity contribution in [1.29, 1.82) is 0 Å². The molecule has 30 heavy (non-hydrogen) atoms. The summed E-state index contributed by atoms with van der Waals surface area (Å²) in [6.07, 6.45) is 3.12. The van der Waals surface area contributed by atoms with E-state index in [1.807, 2.05) is 31.3 Å². The zero-order valence-electron chi connectivity index (χ0n) is 17.4. The van der Waals surface area contributed by atoms with Crippen LogP contribution in [0.4, 0.5) is 5.69 Å². The van der Waals surface area contributed by atoms with Gasteiger partial charge in [-0.15, -0.1) is 0 Å². The molecule has 2 N–H and O–H groups in total. The van der Waals surface area contributed by atoms with E-state index < -0.39 is 6.10 Å². The average molecular weight is 423 g/mol. The lowest BCUT2D eigenvalue weighted by Crippen LogP contribution is -2.13. The van der Waals surface area contributed by atoms with Crippen LogP contribution in [-0.4, -0.2) is 32.6 Å². The summed E-state index contributed by atoms with van der Waals surface area (Å²) in [4.78, 5) is 5.74. The van der Waals surface area contributed by atoms with E-state index in [9.17, 15) is 5.11 Å². The minimum Gasteiger partial charge on any atom is -0.391 e. The fourth-order valence-electron chi connectivity index (χ4n) is 3.33. The first-order valence-corrected chi connectivity index (χ1v) is 10.8. The maximum atomic E-state index is 9.37. The number of aliphatic hydroxyl groups is 1. The van der Waals surface area contributed by atoms with Crippen molar-refractivity contribution in [3.8, 4) is 5.82 Å². The summed E-state index contributed by atoms with van der Waals surface area (Å²) < 4.78 is 7.43. The third-order valence-corrected chi connectivity index (χ3v) is 6.03. The van der Waals surface area contributed by atoms with Gasteiger partial charge in [-0.3, -0.25) is 0 Å². The van der Waals surface area contributed by atoms with E-state index in [2.05, 4.69) is 42.0 Å². The first-order chi connectivity index (χ1) is 14.4. The van der Waals surface area contributed by atoms with Crippen molar-refractivity contribution in [3.63, 3.8) is 0 Å². The molecule has 4 rings (SSSR count). The van der Waals surface area contributed by atoms with Crippen LogP contribution in [0.25, 0.3) is 5.82 Å². The Morgan fingerprint density at radius 1 is 1.17 bits per heavy atom. The fraction of sp³-hybridized carbons (Fsp3) is 0.304. The van der Waals surface area contributed by atoms with E-state index in [0.717, 1.165) is 27.8 Å². The van der Waals surface area contributed by atoms with Gasteiger partial charge in [0.05, 0.1) is 35.2 Å². The minimum absolute atomic E-state index is 0.127. The van der Waals surface area contributed by atoms with Gasteiger partial charge in [-0.05, 0) is 49.2 Å². The number of nitrogens with zero attached hydrogens (tertiary/aromatic N) is 3. The molecule has 0 saturated heterocycles. The molecule has 0 amide bonds. The number of thioether (sulfide) groups is 1. The average Bonchev–Trinajstić information content (AvgIpc) is 3.37. The zero-order chi connectivity index (χ0) is 21.3. The second-order valence-electron chi connectivity index (χ2n) is 7.59. The summed E-state index contributed by atoms with van der Waals surface area (Å²) in [6, 6.07) is 12.4. The molecule has 7 heteroatoms. The van der Waals surface area contributed by atoms with E-state index in [0.29, 0.717) is 6.61 Å². The van der Waals surface area contributed by atoms with Crippen molar-refractivity contribution >= 4 is 17.4 Å². The molecule has 0 saturated carbocycles. The van der Waals surface area contributed by atoms with Crippen LogP contribution in [0.5, 0.6) is 0 Å². The number of aromatic nitrogens is 3. The van der Waals surface area contributed by atoms with Crippen LogP contribution in [0.15, 0.2) is 65.3 Å². The van der Waals surface area contributed by atoms with Gasteiger partial charge in [0, 0.05) is 23.2 Å². The number of ether oxygens (including phenoxy) is 1. The SMILES string of the molecule is C=C1Nc2ccc(C(C)c3ccn(-c4ccc(C(C)OCC(C)O)cn4)n3)cc2S1. The summed E-state index contributed by atoms with van der Waals surface area (Å²) in [5.41, 5.74) is 4.29. The van der Waals surface area contributed by atoms with E-state index >= 15 is 0 Å². The van der Waals surface area contributed by atoms with Gasteiger partial charge in [0.15, 0.2) is 5.82 Å². The Morgan fingerprint density at radius 2 is 1.97 bits per heavy atom. The minimum atomic E-state index is -0.483. The van der Waals surface area contributed by atoms with Gasteiger partial charge in [-0.25, -0.2) is 9.67 Å². The first kappa shape index (κ1) is 20.7. The molecular weight excluding hydrogens is 396 g/mol. The molecule has 0 radical (unpaired) electrons. The highest BCUT2D eigenvalue weighted by Crippen LogP contribution is 2.41. The molecule has 1 aliphatic rings. The highest BCUT2D eigenvalue weighted by Gasteiger charge is 2.18. The van der Waals surface area contributed by atoms with E-state index in [1.54, 1.807) is 29.6 Å². The highest BCUT2D eigenvalue weighted by atomic mass is 32.2. The summed E-state index contributed by atoms with van der Waals surface area (Å²) >= 11 is 1.66. The molecule has 3 atom stereocenters. The lowest BCUT2D eigenvalue weighted by Gasteiger charge is -2.14. The smallest absolute Gasteiger partial charge is 0.153 e. The molecule has 156 valence electrons. The number of pyridine rings is 1. The van der Waals surface area contributed by atoms with Crippen LogP contribution in [0.2, 0.25) is 0 Å². The molecule has 6 nitrogen and oxygen atoms in total. The molecule has 0 aliphatic carbocycles. The third kappa shape index (κ3) is 4.43. The van der Waals surface area contributed by atoms with Gasteiger partial charge in [-0.2, -0.15) is 5.10 Å². The molecule has 1 aliphatic heterocycles. The molecule has 3 unspecified atom stereocenters. The first-order valence-electron chi connectivity index (χ1n) is 10.00. The van der Waals surface area contributed by atoms with Gasteiger partial charge in [-0.1, -0.05) is 37.4 Å². The van der Waals surface area contributed by atoms with Gasteiger partial charge >= 0.3 is 0 Å². The van der Waals surface area contributed by atoms with Crippen LogP contribution in [-0.2, 0) is 4.74 Å². The number of benzene rings is 1. The van der Waals surface area contributed by atoms with Crippen molar-refractivity contribution < 1.29 is 9.84 Å². The second kappa shape index (κ2) is 8.63. The maximum absolute atomic E-state index is 9.37. The molecule has 3 aromatic rings. The Labute approximate surface area is 181 Å². The summed E-state index contributed by atoms with van der Waals surface area (Å²) in [6.45, 7) is 10.1. The predicted molar refractivity (Wildman–Crippen MR) is 120 cm³/mol. The van der Waals surface area contributed by atoms with Gasteiger partial charge in [0.25, 0.3) is 0 Å². The molecular formula is C23H26N4O2S. The number of fused-ring (bicyclic) bond motifs is 1. The standard InChI is InChI=1S/C23H26N4O2S/c1-14(28)13-29-16(3)19-6-8-23(24-12-19)27-10-9-20(26-27)15(2)18-5-7-21-22(11-18)30-17(4)25-21/h5-12,14-16,25,28H,4,13H2,1-3H3. The van der Waals surface area contributed by atoms with Gasteiger partial charge in [0.1, 0.15) is 0 Å². The largest absolute Gasteiger partial charge is 0.391 e. The Balaban J connectivity index is 1.47. The summed E-state index contributed by atoms with van der Waals surface area (Å²) in [7, 11) is 0. The zero-order valence-corrected chi connectivity index (χ0v) is 18.2. The number of anilines is 1. The lowest BCUT2D eigenvalue weighted by molar-refractivity contribution is 0.00436. The van der Waals surface area contributed by atoms with Crippen LogP contribution in [0, 0.1) is 0 Å². The highest BCUT2D eigenvalue weighted by molar-refractivity contribution is 8.03. The second-order valence-corrected chi connectivity index (χ2v) is 8.72. The van der Waals surface area contributed by atoms with Crippen LogP contribution in [0.3, 0.4) is 0 Å². The van der Waals surface area contributed by atoms with Crippen LogP contribution < -0.4 is 5.32 Å². The van der Waals surface area contributed by atoms with Crippen molar-refractivity contribution in [1.82, 2.24) is 14.8 Å².